The van der Waals surface area contributed by atoms with Crippen molar-refractivity contribution in [3.8, 4) is 0 Å². The summed E-state index contributed by atoms with van der Waals surface area (Å²) in [6.45, 7) is 2.22. The Bertz CT molecular complexity index is 8170. The highest BCUT2D eigenvalue weighted by Gasteiger charge is 2.72. The van der Waals surface area contributed by atoms with Crippen molar-refractivity contribution in [2.75, 3.05) is 20.1 Å². The first-order valence-corrected chi connectivity index (χ1v) is 28.0. The number of hydrogen-bond donors (Lipinski definition) is 0. The summed E-state index contributed by atoms with van der Waals surface area (Å²) in [6, 6.07) is 0. The van der Waals surface area contributed by atoms with Crippen LogP contribution in [0.5, 0.6) is 0 Å². The molecule has 1 nitrogen and oxygen atoms in total. The Labute approximate surface area is 400 Å². The largest absolute Gasteiger partial charge is 0.304 e. The summed E-state index contributed by atoms with van der Waals surface area (Å²) < 4.78 is 0. The van der Waals surface area contributed by atoms with Gasteiger partial charge in [0.05, 0.1) is 10.8 Å². The molecule has 33 aromatic rings. The Morgan fingerprint density at radius 3 is 0.324 bits per heavy atom. The molecule has 0 radical (unpaired) electrons. The molecule has 5 aliphatic rings. The van der Waals surface area contributed by atoms with Gasteiger partial charge in [0.15, 0.2) is 0 Å². The van der Waals surface area contributed by atoms with E-state index in [1.807, 2.05) is 22.3 Å². The highest BCUT2D eigenvalue weighted by atomic mass is 15.2. The number of rotatable bonds is 0. The predicted octanol–water partition coefficient (Wildman–Crippen LogP) is 19.2. The lowest BCUT2D eigenvalue weighted by molar-refractivity contribution is 0.394. The summed E-state index contributed by atoms with van der Waals surface area (Å²) in [7, 11) is 2.56. The van der Waals surface area contributed by atoms with Gasteiger partial charge in [-0.25, -0.2) is 0 Å². The molecule has 0 aromatic heterocycles. The van der Waals surface area contributed by atoms with Gasteiger partial charge in [0, 0.05) is 13.1 Å². The van der Waals surface area contributed by atoms with Gasteiger partial charge in [-0.3, -0.25) is 0 Å². The number of likely N-dealkylation sites (N-methyl/N-ethyl adjacent to an activating group) is 1. The smallest absolute Gasteiger partial charge is 0.0505 e. The van der Waals surface area contributed by atoms with Gasteiger partial charge in [-0.2, -0.15) is 0 Å². The third-order valence-electron chi connectivity index (χ3n) is 28.4. The van der Waals surface area contributed by atoms with Crippen LogP contribution >= 0.6 is 0 Å². The van der Waals surface area contributed by atoms with Gasteiger partial charge in [0.2, 0.25) is 0 Å². The van der Waals surface area contributed by atoms with Crippen molar-refractivity contribution in [2.24, 2.45) is 0 Å². The molecule has 74 heavy (non-hydrogen) atoms. The summed E-state index contributed by atoms with van der Waals surface area (Å²) in [5, 5.41) is 108. The second-order valence-corrected chi connectivity index (χ2v) is 28.5. The Hall–Kier alpha value is -8.88. The quantitative estimate of drug-likeness (QED) is 0.108. The molecule has 0 bridgehead atoms. The first-order valence-electron chi connectivity index (χ1n) is 28.0. The third-order valence-corrected chi connectivity index (χ3v) is 28.4. The third kappa shape index (κ3) is 1.29. The molecule has 1 aliphatic heterocycles. The van der Waals surface area contributed by atoms with Gasteiger partial charge in [-0.05, 0) is 374 Å². The molecule has 38 rings (SSSR count). The van der Waals surface area contributed by atoms with Crippen LogP contribution in [0.3, 0.4) is 0 Å². The van der Waals surface area contributed by atoms with Crippen LogP contribution in [0.2, 0.25) is 0 Å². The molecule has 2 spiro atoms. The SMILES string of the molecule is CN1CC23c4c5c6c7c8c9c(c%10c%11c2c2c4c4c%12c5c5c6c6c8c8c%13c9c9c%10c%10c%11c%11c2c2c4c4c%14c%12c%12c5c5c6c8c6c8c%13c9c9c%10c%10c%11c%11c2c4c2c4c%14c%12c%12c5c6c5c6c8c9c8c%10c%11c2c(c86)c4c%125)C73C1. The Morgan fingerprint density at radius 1 is 0.149 bits per heavy atom. The number of benzene rings is 23. The molecule has 0 atom stereocenters. The van der Waals surface area contributed by atoms with Crippen molar-refractivity contribution >= 4 is 345 Å². The van der Waals surface area contributed by atoms with E-state index in [9.17, 15) is 0 Å². The van der Waals surface area contributed by atoms with E-state index in [0.29, 0.717) is 0 Å². The van der Waals surface area contributed by atoms with Gasteiger partial charge in [0.25, 0.3) is 0 Å². The minimum atomic E-state index is -0.155. The Balaban J connectivity index is 1.21. The normalized spacial score (nSPS) is 23.1. The second kappa shape index (κ2) is 5.68. The van der Waals surface area contributed by atoms with Crippen molar-refractivity contribution < 1.29 is 0 Å². The molecule has 304 valence electrons. The summed E-state index contributed by atoms with van der Waals surface area (Å²) >= 11 is 0. The fraction of sp³-hybridized carbons (Fsp3) is 0.0685. The van der Waals surface area contributed by atoms with E-state index in [1.54, 1.807) is 345 Å². The monoisotopic (exact) mass is 897 g/mol. The first kappa shape index (κ1) is 26.2. The highest BCUT2D eigenvalue weighted by molar-refractivity contribution is 6.83. The van der Waals surface area contributed by atoms with Crippen LogP contribution in [0.4, 0.5) is 0 Å². The molecular weight excluding hydrogens is 891 g/mol. The summed E-state index contributed by atoms with van der Waals surface area (Å²) in [6.07, 6.45) is 0. The summed E-state index contributed by atoms with van der Waals surface area (Å²) in [4.78, 5) is 2.89. The average molecular weight is 898 g/mol. The Morgan fingerprint density at radius 2 is 0.230 bits per heavy atom. The molecule has 0 saturated carbocycles. The molecule has 33 aromatic carbocycles. The molecule has 0 N–H and O–H groups in total. The second-order valence-electron chi connectivity index (χ2n) is 28.5. The lowest BCUT2D eigenvalue weighted by atomic mass is 9.50. The molecule has 1 heteroatoms. The van der Waals surface area contributed by atoms with Crippen LogP contribution < -0.4 is 0 Å². The predicted molar refractivity (Wildman–Crippen MR) is 315 cm³/mol. The standard InChI is InChI=1S/C73H7N/c1-74-2-72-68-60-52-42-32-25-16-10-4-5-7-9-8-6(4)12-19-14(8)23-24-15(9)20-13(7)22-18(11(5)16)27-33(25)43(42)53-47-37(27)29(22)39-31(20)41-35(24)45-44-34(23)40-30(19)38-28-21(12)17(10)26(32)36(28)46(52)56-50(38)58-48(40)54(44)62-63-55(45)49(41)59-51(39)57(47)65(69(72)61(53)60)67(59)71(63)73(72,3-74)70(62)66(58)64(56)68/h2-3H2,1H3. The van der Waals surface area contributed by atoms with Crippen molar-refractivity contribution in [3.05, 3.63) is 22.3 Å². The summed E-state index contributed by atoms with van der Waals surface area (Å²) in [5.41, 5.74) is 6.94. The summed E-state index contributed by atoms with van der Waals surface area (Å²) in [5.74, 6) is 0. The van der Waals surface area contributed by atoms with Crippen molar-refractivity contribution in [1.29, 1.82) is 0 Å². The lowest BCUT2D eigenvalue weighted by Gasteiger charge is -2.49. The van der Waals surface area contributed by atoms with Gasteiger partial charge in [-0.15, -0.1) is 0 Å². The van der Waals surface area contributed by atoms with Crippen LogP contribution in [-0.4, -0.2) is 25.0 Å². The van der Waals surface area contributed by atoms with Crippen molar-refractivity contribution in [2.45, 2.75) is 10.8 Å². The zero-order valence-corrected chi connectivity index (χ0v) is 37.9. The van der Waals surface area contributed by atoms with Crippen LogP contribution in [0.15, 0.2) is 0 Å². The average Bonchev–Trinajstić information content (AvgIpc) is 4.40. The maximum atomic E-state index is 2.89. The van der Waals surface area contributed by atoms with Crippen molar-refractivity contribution in [1.82, 2.24) is 4.90 Å². The van der Waals surface area contributed by atoms with Crippen molar-refractivity contribution in [3.63, 3.8) is 0 Å². The number of nitrogens with zero attached hydrogens (tertiary/aromatic N) is 1. The van der Waals surface area contributed by atoms with E-state index in [4.69, 9.17) is 0 Å². The molecule has 1 saturated heterocycles. The van der Waals surface area contributed by atoms with Crippen LogP contribution in [-0.2, 0) is 10.8 Å². The van der Waals surface area contributed by atoms with E-state index in [2.05, 4.69) is 11.9 Å². The van der Waals surface area contributed by atoms with Gasteiger partial charge in [-0.1, -0.05) is 0 Å². The highest BCUT2D eigenvalue weighted by Crippen LogP contribution is 2.85. The van der Waals surface area contributed by atoms with E-state index in [1.165, 1.54) is 0 Å². The molecular formula is C73H7N. The van der Waals surface area contributed by atoms with Crippen LogP contribution in [0, 0.1) is 0 Å². The number of likely N-dealkylation sites (tertiary alicyclic amines) is 1. The van der Waals surface area contributed by atoms with E-state index in [-0.39, 0.29) is 10.8 Å². The maximum Gasteiger partial charge on any atom is 0.0505 e. The molecule has 1 heterocycles. The fourth-order valence-corrected chi connectivity index (χ4v) is 28.8. The zero-order chi connectivity index (χ0) is 43.3. The fourth-order valence-electron chi connectivity index (χ4n) is 28.8. The number of hydrogen-bond acceptors (Lipinski definition) is 1. The molecule has 0 amide bonds. The van der Waals surface area contributed by atoms with Gasteiger partial charge in [0.1, 0.15) is 0 Å². The van der Waals surface area contributed by atoms with E-state index < -0.39 is 0 Å². The molecule has 1 fully saturated rings. The minimum Gasteiger partial charge on any atom is -0.304 e. The lowest BCUT2D eigenvalue weighted by Crippen LogP contribution is -2.51. The van der Waals surface area contributed by atoms with E-state index >= 15 is 0 Å². The van der Waals surface area contributed by atoms with E-state index in [0.717, 1.165) is 13.1 Å². The first-order chi connectivity index (χ1) is 36.8. The zero-order valence-electron chi connectivity index (χ0n) is 37.9. The maximum absolute atomic E-state index is 2.89. The topological polar surface area (TPSA) is 3.24 Å². The molecule has 0 unspecified atom stereocenters. The Kier molecular flexibility index (Phi) is 2.01. The van der Waals surface area contributed by atoms with Crippen LogP contribution in [0.25, 0.3) is 345 Å². The van der Waals surface area contributed by atoms with Crippen LogP contribution in [0.1, 0.15) is 22.3 Å². The minimum absolute atomic E-state index is 0.151. The van der Waals surface area contributed by atoms with Gasteiger partial charge < -0.3 is 4.90 Å². The molecule has 4 aliphatic carbocycles. The van der Waals surface area contributed by atoms with Gasteiger partial charge >= 0.3 is 0 Å².